The second kappa shape index (κ2) is 20.8. The summed E-state index contributed by atoms with van der Waals surface area (Å²) < 4.78 is 24.6. The van der Waals surface area contributed by atoms with E-state index in [1.165, 1.54) is 6.08 Å². The van der Waals surface area contributed by atoms with Crippen molar-refractivity contribution in [3.05, 3.63) is 59.7 Å². The lowest BCUT2D eigenvalue weighted by molar-refractivity contribution is -0.169. The number of nitrogens with zero attached hydrogens (tertiary/aromatic N) is 1. The molecule has 14 nitrogen and oxygen atoms in total. The van der Waals surface area contributed by atoms with Crippen molar-refractivity contribution in [2.24, 2.45) is 10.9 Å². The van der Waals surface area contributed by atoms with E-state index in [9.17, 15) is 28.8 Å². The van der Waals surface area contributed by atoms with Crippen molar-refractivity contribution in [1.82, 2.24) is 0 Å². The van der Waals surface area contributed by atoms with Gasteiger partial charge in [-0.2, -0.15) is 4.99 Å². The average Bonchev–Trinajstić information content (AvgIpc) is 3.02. The number of hydrogen-bond donors (Lipinski definition) is 2. The van der Waals surface area contributed by atoms with Gasteiger partial charge in [0.25, 0.3) is 0 Å². The maximum absolute atomic E-state index is 12.0. The molecule has 1 amide bonds. The molecule has 0 saturated heterocycles. The quantitative estimate of drug-likeness (QED) is 0.0574. The molecule has 0 aliphatic heterocycles. The predicted octanol–water partition coefficient (Wildman–Crippen LogP) is 3.65. The number of aliphatic imine (C=N–C) groups is 1. The summed E-state index contributed by atoms with van der Waals surface area (Å²) in [5.41, 5.74) is 2.10. The Hall–Kier alpha value is -5.07. The number of isocyanates is 1. The highest BCUT2D eigenvalue weighted by molar-refractivity contribution is 5.84. The summed E-state index contributed by atoms with van der Waals surface area (Å²) in [6, 6.07) is 12.7. The number of rotatable bonds is 19. The van der Waals surface area contributed by atoms with Crippen LogP contribution in [0.3, 0.4) is 0 Å². The van der Waals surface area contributed by atoms with Crippen LogP contribution in [0.1, 0.15) is 50.2 Å². The highest BCUT2D eigenvalue weighted by Crippen LogP contribution is 2.14. The van der Waals surface area contributed by atoms with Gasteiger partial charge in [-0.1, -0.05) is 31.2 Å². The minimum absolute atomic E-state index is 0.00292. The number of anilines is 1. The van der Waals surface area contributed by atoms with Gasteiger partial charge in [-0.05, 0) is 54.7 Å². The van der Waals surface area contributed by atoms with Gasteiger partial charge in [0.1, 0.15) is 0 Å². The zero-order valence-corrected chi connectivity index (χ0v) is 24.9. The maximum atomic E-state index is 12.0. The normalized spacial score (nSPS) is 10.9. The third kappa shape index (κ3) is 15.8. The molecule has 0 spiro atoms. The Kier molecular flexibility index (Phi) is 16.7. The minimum atomic E-state index is -0.654. The van der Waals surface area contributed by atoms with E-state index in [1.54, 1.807) is 48.5 Å². The first-order valence-electron chi connectivity index (χ1n) is 14.1. The molecule has 0 aliphatic carbocycles. The summed E-state index contributed by atoms with van der Waals surface area (Å²) in [4.78, 5) is 73.1. The van der Waals surface area contributed by atoms with Gasteiger partial charge in [-0.15, -0.1) is 0 Å². The van der Waals surface area contributed by atoms with Crippen LogP contribution in [0.5, 0.6) is 0 Å². The Labute approximate surface area is 259 Å². The van der Waals surface area contributed by atoms with Crippen LogP contribution in [0.4, 0.5) is 16.2 Å². The lowest BCUT2D eigenvalue weighted by atomic mass is 10.1. The molecule has 2 rings (SSSR count). The van der Waals surface area contributed by atoms with Crippen LogP contribution in [0.2, 0.25) is 0 Å². The number of unbranched alkanes of at least 4 members (excludes halogenated alkanes) is 1. The number of carbonyl (C=O) groups is 5. The molecule has 0 bridgehead atoms. The molecule has 0 fully saturated rings. The van der Waals surface area contributed by atoms with Crippen molar-refractivity contribution in [2.45, 2.75) is 51.9 Å². The van der Waals surface area contributed by atoms with Crippen LogP contribution in [-0.4, -0.2) is 68.0 Å². The summed E-state index contributed by atoms with van der Waals surface area (Å²) in [5.74, 6) is -2.57. The largest absolute Gasteiger partial charge is 0.449 e. The summed E-state index contributed by atoms with van der Waals surface area (Å²) in [7, 11) is 0. The number of hydrogen-bond acceptors (Lipinski definition) is 13. The number of aliphatic hydroxyl groups is 1. The molecule has 0 radical (unpaired) electrons. The van der Waals surface area contributed by atoms with Gasteiger partial charge in [-0.25, -0.2) is 9.59 Å². The van der Waals surface area contributed by atoms with Gasteiger partial charge >= 0.3 is 30.0 Å². The zero-order valence-electron chi connectivity index (χ0n) is 24.9. The van der Waals surface area contributed by atoms with Gasteiger partial charge in [0, 0.05) is 31.1 Å². The van der Waals surface area contributed by atoms with Crippen LogP contribution >= 0.6 is 0 Å². The average molecular weight is 629 g/mol. The Morgan fingerprint density at radius 3 is 1.71 bits per heavy atom. The summed E-state index contributed by atoms with van der Waals surface area (Å²) in [6.07, 6.45) is 1.93. The van der Waals surface area contributed by atoms with Crippen LogP contribution < -0.4 is 5.32 Å². The molecule has 2 aromatic carbocycles. The van der Waals surface area contributed by atoms with E-state index in [0.717, 1.165) is 0 Å². The van der Waals surface area contributed by atoms with E-state index in [2.05, 4.69) is 10.3 Å². The van der Waals surface area contributed by atoms with Crippen molar-refractivity contribution < 1.29 is 57.6 Å². The van der Waals surface area contributed by atoms with Crippen LogP contribution in [0, 0.1) is 5.92 Å². The van der Waals surface area contributed by atoms with Gasteiger partial charge in [0.2, 0.25) is 19.7 Å². The molecule has 45 heavy (non-hydrogen) atoms. The van der Waals surface area contributed by atoms with Crippen molar-refractivity contribution in [3.63, 3.8) is 0 Å². The highest BCUT2D eigenvalue weighted by Gasteiger charge is 2.12. The first kappa shape index (κ1) is 36.1. The molecule has 0 aliphatic rings. The maximum Gasteiger partial charge on any atom is 0.411 e. The molecular formula is C31H36N2O12. The van der Waals surface area contributed by atoms with Crippen LogP contribution in [-0.2, 0) is 60.5 Å². The smallest absolute Gasteiger partial charge is 0.411 e. The molecule has 0 saturated carbocycles. The summed E-state index contributed by atoms with van der Waals surface area (Å²) in [5, 5.41) is 11.7. The van der Waals surface area contributed by atoms with Crippen LogP contribution in [0.25, 0.3) is 0 Å². The first-order valence-corrected chi connectivity index (χ1v) is 14.1. The van der Waals surface area contributed by atoms with E-state index in [0.29, 0.717) is 41.8 Å². The van der Waals surface area contributed by atoms with E-state index < -0.39 is 43.6 Å². The SMILES string of the molecule is CCC(CO)COC(=O)Nc1ccc(CC(=O)OCOC(=O)CCCCC(=O)OCOC(=O)Cc2ccc(N=C=O)cc2)cc1. The Bertz CT molecular complexity index is 1300. The molecule has 0 aromatic heterocycles. The van der Waals surface area contributed by atoms with E-state index in [1.807, 2.05) is 6.92 Å². The lowest BCUT2D eigenvalue weighted by Gasteiger charge is -2.12. The fourth-order valence-corrected chi connectivity index (χ4v) is 3.53. The number of carbonyl (C=O) groups excluding carboxylic acids is 6. The molecular weight excluding hydrogens is 592 g/mol. The number of ether oxygens (including phenoxy) is 5. The molecule has 242 valence electrons. The van der Waals surface area contributed by atoms with Gasteiger partial charge in [0.15, 0.2) is 0 Å². The number of nitrogens with one attached hydrogen (secondary N) is 1. The van der Waals surface area contributed by atoms with E-state index >= 15 is 0 Å². The fraction of sp³-hybridized carbons (Fsp3) is 0.419. The molecule has 0 heterocycles. The second-order valence-electron chi connectivity index (χ2n) is 9.61. The van der Waals surface area contributed by atoms with Gasteiger partial charge in [-0.3, -0.25) is 24.5 Å². The predicted molar refractivity (Wildman–Crippen MR) is 156 cm³/mol. The third-order valence-electron chi connectivity index (χ3n) is 6.19. The van der Waals surface area contributed by atoms with E-state index in [4.69, 9.17) is 28.8 Å². The number of aliphatic hydroxyl groups excluding tert-OH is 1. The number of esters is 4. The van der Waals surface area contributed by atoms with E-state index in [-0.39, 0.29) is 44.8 Å². The number of benzene rings is 2. The Morgan fingerprint density at radius 1 is 0.756 bits per heavy atom. The minimum Gasteiger partial charge on any atom is -0.449 e. The second-order valence-corrected chi connectivity index (χ2v) is 9.61. The topological polar surface area (TPSA) is 193 Å². The van der Waals surface area contributed by atoms with Gasteiger partial charge < -0.3 is 28.8 Å². The van der Waals surface area contributed by atoms with Gasteiger partial charge in [0.05, 0.1) is 25.1 Å². The molecule has 1 atom stereocenters. The standard InChI is InChI=1S/C31H36N2O12/c1-2-22(17-34)18-41-31(40)33-26-13-9-24(10-14-26)16-30(39)45-21-43-28(37)6-4-3-5-27(36)42-20-44-29(38)15-23-7-11-25(12-8-23)32-19-35/h7-14,22,34H,2-6,15-18,20-21H2,1H3,(H,33,40). The highest BCUT2D eigenvalue weighted by atomic mass is 16.7. The fourth-order valence-electron chi connectivity index (χ4n) is 3.53. The molecule has 14 heteroatoms. The first-order chi connectivity index (χ1) is 21.7. The summed E-state index contributed by atoms with van der Waals surface area (Å²) >= 11 is 0. The lowest BCUT2D eigenvalue weighted by Crippen LogP contribution is -2.20. The molecule has 2 aromatic rings. The monoisotopic (exact) mass is 628 g/mol. The van der Waals surface area contributed by atoms with Crippen molar-refractivity contribution >= 4 is 47.4 Å². The summed E-state index contributed by atoms with van der Waals surface area (Å²) in [6.45, 7) is 0.814. The van der Waals surface area contributed by atoms with Crippen molar-refractivity contribution in [3.8, 4) is 0 Å². The van der Waals surface area contributed by atoms with Crippen molar-refractivity contribution in [1.29, 1.82) is 0 Å². The molecule has 2 N–H and O–H groups in total. The zero-order chi connectivity index (χ0) is 32.9. The molecule has 1 unspecified atom stereocenters. The Morgan fingerprint density at radius 2 is 1.24 bits per heavy atom. The third-order valence-corrected chi connectivity index (χ3v) is 6.19. The Balaban J connectivity index is 1.51. The van der Waals surface area contributed by atoms with Crippen LogP contribution in [0.15, 0.2) is 53.5 Å². The number of amides is 1. The van der Waals surface area contributed by atoms with Crippen molar-refractivity contribution in [2.75, 3.05) is 32.1 Å².